The average molecular weight is 333 g/mol. The zero-order valence-corrected chi connectivity index (χ0v) is 12.7. The van der Waals surface area contributed by atoms with Gasteiger partial charge in [-0.15, -0.1) is 0 Å². The zero-order chi connectivity index (χ0) is 16.8. The summed E-state index contributed by atoms with van der Waals surface area (Å²) in [5.41, 5.74) is 1.27. The minimum absolute atomic E-state index is 0.318. The van der Waals surface area contributed by atoms with Gasteiger partial charge in [0.1, 0.15) is 18.1 Å². The summed E-state index contributed by atoms with van der Waals surface area (Å²) >= 11 is 5.80. The summed E-state index contributed by atoms with van der Waals surface area (Å²) in [6.45, 7) is 0.357. The number of hydrogen-bond acceptors (Lipinski definition) is 4. The smallest absolute Gasteiger partial charge is 0.376 e. The van der Waals surface area contributed by atoms with Crippen molar-refractivity contribution in [1.29, 1.82) is 0 Å². The molecule has 0 aliphatic carbocycles. The molecule has 0 aliphatic heterocycles. The lowest BCUT2D eigenvalue weighted by molar-refractivity contribution is -0.146. The van der Waals surface area contributed by atoms with Crippen LogP contribution in [-0.2, 0) is 16.2 Å². The molecule has 0 saturated carbocycles. The molecule has 23 heavy (non-hydrogen) atoms. The van der Waals surface area contributed by atoms with Crippen molar-refractivity contribution in [3.8, 4) is 5.75 Å². The maximum absolute atomic E-state index is 11.0. The molecule has 118 valence electrons. The summed E-state index contributed by atoms with van der Waals surface area (Å²) in [7, 11) is 0. The highest BCUT2D eigenvalue weighted by atomic mass is 35.5. The van der Waals surface area contributed by atoms with E-state index >= 15 is 0 Å². The van der Waals surface area contributed by atoms with E-state index in [-0.39, 0.29) is 0 Å². The van der Waals surface area contributed by atoms with Crippen LogP contribution in [0.5, 0.6) is 5.75 Å². The molecule has 5 nitrogen and oxygen atoms in total. The minimum atomic E-state index is -1.63. The number of ketones is 1. The van der Waals surface area contributed by atoms with Gasteiger partial charge in [0, 0.05) is 16.7 Å². The van der Waals surface area contributed by atoms with E-state index in [4.69, 9.17) is 21.4 Å². The molecule has 0 atom stereocenters. The van der Waals surface area contributed by atoms with Crippen molar-refractivity contribution in [1.82, 2.24) is 0 Å². The van der Waals surface area contributed by atoms with Crippen LogP contribution in [0.1, 0.15) is 11.1 Å². The van der Waals surface area contributed by atoms with Crippen LogP contribution in [0.2, 0.25) is 5.02 Å². The Bertz CT molecular complexity index is 733. The van der Waals surface area contributed by atoms with Crippen LogP contribution in [0.15, 0.2) is 54.6 Å². The number of rotatable bonds is 6. The van der Waals surface area contributed by atoms with E-state index in [1.54, 1.807) is 24.3 Å². The van der Waals surface area contributed by atoms with Crippen LogP contribution in [0.4, 0.5) is 0 Å². The summed E-state index contributed by atoms with van der Waals surface area (Å²) in [5, 5.41) is 18.8. The quantitative estimate of drug-likeness (QED) is 0.480. The van der Waals surface area contributed by atoms with Crippen molar-refractivity contribution in [3.63, 3.8) is 0 Å². The molecule has 2 aromatic rings. The Hall–Kier alpha value is -2.79. The number of halogens is 1. The second-order valence-corrected chi connectivity index (χ2v) is 5.07. The Morgan fingerprint density at radius 2 is 1.61 bits per heavy atom. The van der Waals surface area contributed by atoms with Crippen LogP contribution < -0.4 is 4.74 Å². The molecule has 2 aromatic carbocycles. The third-order valence-corrected chi connectivity index (χ3v) is 3.20. The number of ether oxygens (including phenoxy) is 1. The summed E-state index contributed by atoms with van der Waals surface area (Å²) in [6.07, 6.45) is 0.659. The maximum Gasteiger partial charge on any atom is 0.376 e. The molecular formula is C17H13ClO5. The number of aliphatic hydroxyl groups is 1. The summed E-state index contributed by atoms with van der Waals surface area (Å²) in [4.78, 5) is 21.4. The molecule has 0 unspecified atom stereocenters. The molecule has 0 radical (unpaired) electrons. The molecule has 0 fully saturated rings. The highest BCUT2D eigenvalue weighted by molar-refractivity contribution is 6.38. The van der Waals surface area contributed by atoms with Crippen LogP contribution in [0.3, 0.4) is 0 Å². The van der Waals surface area contributed by atoms with Crippen molar-refractivity contribution >= 4 is 29.1 Å². The molecule has 2 rings (SSSR count). The van der Waals surface area contributed by atoms with E-state index < -0.39 is 17.5 Å². The maximum atomic E-state index is 11.0. The van der Waals surface area contributed by atoms with Crippen LogP contribution in [0, 0.1) is 0 Å². The molecular weight excluding hydrogens is 320 g/mol. The first-order valence-electron chi connectivity index (χ1n) is 6.61. The lowest BCUT2D eigenvalue weighted by atomic mass is 10.1. The van der Waals surface area contributed by atoms with Gasteiger partial charge in [0.05, 0.1) is 0 Å². The first-order valence-corrected chi connectivity index (χ1v) is 6.99. The van der Waals surface area contributed by atoms with E-state index in [2.05, 4.69) is 0 Å². The Morgan fingerprint density at radius 1 is 1.00 bits per heavy atom. The summed E-state index contributed by atoms with van der Waals surface area (Å²) < 4.78 is 5.58. The van der Waals surface area contributed by atoms with E-state index in [0.29, 0.717) is 29.0 Å². The lowest BCUT2D eigenvalue weighted by Crippen LogP contribution is -2.09. The second kappa shape index (κ2) is 7.47. The summed E-state index contributed by atoms with van der Waals surface area (Å²) in [5.74, 6) is -2.66. The van der Waals surface area contributed by atoms with E-state index in [0.717, 1.165) is 5.56 Å². The van der Waals surface area contributed by atoms with Gasteiger partial charge in [-0.1, -0.05) is 23.7 Å². The van der Waals surface area contributed by atoms with Crippen LogP contribution >= 0.6 is 11.6 Å². The van der Waals surface area contributed by atoms with Gasteiger partial charge in [0.25, 0.3) is 5.78 Å². The largest absolute Gasteiger partial charge is 0.507 e. The molecule has 0 saturated heterocycles. The lowest BCUT2D eigenvalue weighted by Gasteiger charge is -2.07. The van der Waals surface area contributed by atoms with Crippen LogP contribution in [-0.4, -0.2) is 22.0 Å². The van der Waals surface area contributed by atoms with Crippen molar-refractivity contribution in [2.24, 2.45) is 0 Å². The highest BCUT2D eigenvalue weighted by Gasteiger charge is 2.10. The van der Waals surface area contributed by atoms with E-state index in [1.165, 1.54) is 12.1 Å². The minimum Gasteiger partial charge on any atom is -0.507 e. The van der Waals surface area contributed by atoms with Gasteiger partial charge >= 0.3 is 5.97 Å². The van der Waals surface area contributed by atoms with Crippen molar-refractivity contribution in [2.45, 2.75) is 6.61 Å². The van der Waals surface area contributed by atoms with Crippen molar-refractivity contribution in [2.75, 3.05) is 0 Å². The van der Waals surface area contributed by atoms with Gasteiger partial charge < -0.3 is 14.9 Å². The Labute approximate surface area is 137 Å². The predicted molar refractivity (Wildman–Crippen MR) is 85.5 cm³/mol. The van der Waals surface area contributed by atoms with Gasteiger partial charge in [-0.05, 0) is 42.0 Å². The third-order valence-electron chi connectivity index (χ3n) is 2.95. The first kappa shape index (κ1) is 16.6. The SMILES string of the molecule is O=C(O)C(=O)/C=C(\O)c1ccc(OCc2ccc(Cl)cc2)cc1. The van der Waals surface area contributed by atoms with Crippen molar-refractivity contribution in [3.05, 3.63) is 70.8 Å². The molecule has 0 heterocycles. The van der Waals surface area contributed by atoms with E-state index in [1.807, 2.05) is 12.1 Å². The highest BCUT2D eigenvalue weighted by Crippen LogP contribution is 2.19. The number of benzene rings is 2. The topological polar surface area (TPSA) is 83.8 Å². The number of carbonyl (C=O) groups is 2. The molecule has 6 heteroatoms. The average Bonchev–Trinajstić information content (AvgIpc) is 2.54. The summed E-state index contributed by atoms with van der Waals surface area (Å²) in [6, 6.07) is 13.5. The first-order chi connectivity index (χ1) is 11.0. The normalized spacial score (nSPS) is 11.1. The second-order valence-electron chi connectivity index (χ2n) is 4.64. The van der Waals surface area contributed by atoms with Gasteiger partial charge in [-0.3, -0.25) is 4.79 Å². The third kappa shape index (κ3) is 4.86. The molecule has 0 aromatic heterocycles. The number of aliphatic carboxylic acids is 1. The Kier molecular flexibility index (Phi) is 5.38. The molecule has 0 amide bonds. The van der Waals surface area contributed by atoms with Gasteiger partial charge in [-0.25, -0.2) is 4.79 Å². The molecule has 2 N–H and O–H groups in total. The van der Waals surface area contributed by atoms with E-state index in [9.17, 15) is 14.7 Å². The van der Waals surface area contributed by atoms with Gasteiger partial charge in [-0.2, -0.15) is 0 Å². The number of carbonyl (C=O) groups excluding carboxylic acids is 1. The Balaban J connectivity index is 2.00. The number of carboxylic acids is 1. The Morgan fingerprint density at radius 3 is 2.17 bits per heavy atom. The molecule has 0 spiro atoms. The standard InChI is InChI=1S/C17H13ClO5/c18-13-5-1-11(2-6-13)10-23-14-7-3-12(4-8-14)15(19)9-16(20)17(21)22/h1-9,19H,10H2,(H,21,22)/b15-9-. The number of carboxylic acid groups (broad SMARTS) is 1. The predicted octanol–water partition coefficient (Wildman–Crippen LogP) is 3.47. The van der Waals surface area contributed by atoms with Gasteiger partial charge in [0.15, 0.2) is 0 Å². The monoisotopic (exact) mass is 332 g/mol. The zero-order valence-electron chi connectivity index (χ0n) is 11.9. The number of hydrogen-bond donors (Lipinski definition) is 2. The molecule has 0 aliphatic rings. The van der Waals surface area contributed by atoms with Crippen LogP contribution in [0.25, 0.3) is 5.76 Å². The fraction of sp³-hybridized carbons (Fsp3) is 0.0588. The van der Waals surface area contributed by atoms with Crippen molar-refractivity contribution < 1.29 is 24.5 Å². The molecule has 0 bridgehead atoms. The fourth-order valence-corrected chi connectivity index (χ4v) is 1.86. The van der Waals surface area contributed by atoms with Gasteiger partial charge in [0.2, 0.25) is 0 Å². The number of aliphatic hydroxyl groups excluding tert-OH is 1. The fourth-order valence-electron chi connectivity index (χ4n) is 1.74.